The van der Waals surface area contributed by atoms with Crippen molar-refractivity contribution in [3.05, 3.63) is 53.1 Å². The lowest BCUT2D eigenvalue weighted by Crippen LogP contribution is -2.27. The molecule has 1 saturated heterocycles. The van der Waals surface area contributed by atoms with E-state index in [1.807, 2.05) is 35.2 Å². The molecule has 1 aliphatic rings. The zero-order valence-electron chi connectivity index (χ0n) is 14.2. The van der Waals surface area contributed by atoms with Crippen LogP contribution < -0.4 is 14.4 Å². The smallest absolute Gasteiger partial charge is 0.238 e. The number of hydrogen-bond donors (Lipinski definition) is 0. The van der Waals surface area contributed by atoms with E-state index in [1.54, 1.807) is 31.0 Å². The third-order valence-corrected chi connectivity index (χ3v) is 5.37. The summed E-state index contributed by atoms with van der Waals surface area (Å²) in [4.78, 5) is 14.2. The lowest BCUT2D eigenvalue weighted by atomic mass is 10.1. The molecule has 4 nitrogen and oxygen atoms in total. The van der Waals surface area contributed by atoms with Gasteiger partial charge >= 0.3 is 0 Å². The summed E-state index contributed by atoms with van der Waals surface area (Å²) in [5.74, 6) is 1.94. The van der Waals surface area contributed by atoms with Gasteiger partial charge in [0.25, 0.3) is 0 Å². The van der Waals surface area contributed by atoms with Gasteiger partial charge in [0.2, 0.25) is 5.91 Å². The van der Waals surface area contributed by atoms with E-state index in [0.29, 0.717) is 23.1 Å². The lowest BCUT2D eigenvalue weighted by molar-refractivity contribution is -0.115. The molecule has 2 aromatic rings. The Kier molecular flexibility index (Phi) is 5.76. The van der Waals surface area contributed by atoms with Crippen molar-refractivity contribution in [3.63, 3.8) is 0 Å². The van der Waals surface area contributed by atoms with Gasteiger partial charge in [-0.25, -0.2) is 0 Å². The molecule has 132 valence electrons. The molecular formula is C19H20ClNO3S. The zero-order valence-corrected chi connectivity index (χ0v) is 15.8. The van der Waals surface area contributed by atoms with E-state index in [0.717, 1.165) is 23.4 Å². The Bertz CT molecular complexity index is 751. The number of thioether (sulfide) groups is 1. The average molecular weight is 378 g/mol. The van der Waals surface area contributed by atoms with Crippen molar-refractivity contribution < 1.29 is 14.3 Å². The summed E-state index contributed by atoms with van der Waals surface area (Å²) < 4.78 is 11.2. The molecule has 0 bridgehead atoms. The van der Waals surface area contributed by atoms with Crippen molar-refractivity contribution in [2.75, 3.05) is 24.4 Å². The molecule has 6 heteroatoms. The number of rotatable bonds is 6. The number of hydrogen-bond acceptors (Lipinski definition) is 4. The molecule has 0 spiro atoms. The van der Waals surface area contributed by atoms with Crippen LogP contribution in [0.15, 0.2) is 42.5 Å². The van der Waals surface area contributed by atoms with Crippen LogP contribution in [0.25, 0.3) is 0 Å². The minimum atomic E-state index is -0.0946. The summed E-state index contributed by atoms with van der Waals surface area (Å²) in [7, 11) is 1.63. The maximum Gasteiger partial charge on any atom is 0.238 e. The molecule has 0 unspecified atom stereocenters. The van der Waals surface area contributed by atoms with Crippen molar-refractivity contribution >= 4 is 35.0 Å². The number of amides is 1. The van der Waals surface area contributed by atoms with Gasteiger partial charge in [0.15, 0.2) is 11.5 Å². The van der Waals surface area contributed by atoms with E-state index in [1.165, 1.54) is 0 Å². The number of ether oxygens (including phenoxy) is 2. The molecule has 1 atom stereocenters. The highest BCUT2D eigenvalue weighted by molar-refractivity contribution is 8.00. The molecule has 25 heavy (non-hydrogen) atoms. The van der Waals surface area contributed by atoms with E-state index in [-0.39, 0.29) is 11.3 Å². The van der Waals surface area contributed by atoms with Crippen LogP contribution >= 0.6 is 23.4 Å². The Morgan fingerprint density at radius 2 is 1.96 bits per heavy atom. The van der Waals surface area contributed by atoms with Gasteiger partial charge < -0.3 is 9.47 Å². The highest BCUT2D eigenvalue weighted by atomic mass is 35.5. The van der Waals surface area contributed by atoms with Gasteiger partial charge in [-0.2, -0.15) is 0 Å². The van der Waals surface area contributed by atoms with Gasteiger partial charge in [-0.1, -0.05) is 24.6 Å². The van der Waals surface area contributed by atoms with E-state index in [4.69, 9.17) is 21.1 Å². The van der Waals surface area contributed by atoms with Crippen molar-refractivity contribution in [1.82, 2.24) is 0 Å². The lowest BCUT2D eigenvalue weighted by Gasteiger charge is -2.25. The monoisotopic (exact) mass is 377 g/mol. The molecule has 3 rings (SSSR count). The molecule has 2 aromatic carbocycles. The third kappa shape index (κ3) is 3.88. The SMILES string of the molecule is CCCOc1ccc([C@@H]2SCC(=O)N2c2ccc(Cl)cc2)cc1OC. The van der Waals surface area contributed by atoms with Gasteiger partial charge in [-0.05, 0) is 48.4 Å². The van der Waals surface area contributed by atoms with Crippen LogP contribution in [0.4, 0.5) is 5.69 Å². The maximum absolute atomic E-state index is 12.4. The Labute approximate surface area is 157 Å². The quantitative estimate of drug-likeness (QED) is 0.716. The standard InChI is InChI=1S/C19H20ClNO3S/c1-3-10-24-16-9-4-13(11-17(16)23-2)19-21(18(22)12-25-19)15-7-5-14(20)6-8-15/h4-9,11,19H,3,10,12H2,1-2H3/t19-/m0/s1. The molecule has 0 N–H and O–H groups in total. The minimum Gasteiger partial charge on any atom is -0.493 e. The first-order chi connectivity index (χ1) is 12.1. The number of halogens is 1. The van der Waals surface area contributed by atoms with Crippen molar-refractivity contribution in [3.8, 4) is 11.5 Å². The fraction of sp³-hybridized carbons (Fsp3) is 0.316. The second kappa shape index (κ2) is 8.02. The van der Waals surface area contributed by atoms with Crippen LogP contribution in [0.3, 0.4) is 0 Å². The number of carbonyl (C=O) groups is 1. The third-order valence-electron chi connectivity index (χ3n) is 3.91. The van der Waals surface area contributed by atoms with Gasteiger partial charge in [0, 0.05) is 10.7 Å². The van der Waals surface area contributed by atoms with Crippen LogP contribution in [-0.2, 0) is 4.79 Å². The Morgan fingerprint density at radius 3 is 2.64 bits per heavy atom. The largest absolute Gasteiger partial charge is 0.493 e. The number of anilines is 1. The summed E-state index contributed by atoms with van der Waals surface area (Å²) in [5, 5.41) is 0.557. The molecule has 0 radical (unpaired) electrons. The predicted octanol–water partition coefficient (Wildman–Crippen LogP) is 4.92. The van der Waals surface area contributed by atoms with Crippen molar-refractivity contribution in [2.24, 2.45) is 0 Å². The second-order valence-electron chi connectivity index (χ2n) is 5.66. The van der Waals surface area contributed by atoms with Crippen LogP contribution in [0.2, 0.25) is 5.02 Å². The second-order valence-corrected chi connectivity index (χ2v) is 7.17. The summed E-state index contributed by atoms with van der Waals surface area (Å²) in [6, 6.07) is 13.2. The predicted molar refractivity (Wildman–Crippen MR) is 103 cm³/mol. The van der Waals surface area contributed by atoms with Crippen LogP contribution in [0.5, 0.6) is 11.5 Å². The van der Waals surface area contributed by atoms with E-state index >= 15 is 0 Å². The summed E-state index contributed by atoms with van der Waals surface area (Å²) in [6.45, 7) is 2.70. The van der Waals surface area contributed by atoms with Gasteiger partial charge in [-0.3, -0.25) is 9.69 Å². The highest BCUT2D eigenvalue weighted by Gasteiger charge is 2.34. The van der Waals surface area contributed by atoms with Crippen LogP contribution in [0.1, 0.15) is 24.3 Å². The van der Waals surface area contributed by atoms with Crippen molar-refractivity contribution in [2.45, 2.75) is 18.7 Å². The first-order valence-electron chi connectivity index (χ1n) is 8.14. The summed E-state index contributed by atoms with van der Waals surface area (Å²) >= 11 is 7.57. The number of carbonyl (C=O) groups excluding carboxylic acids is 1. The zero-order chi connectivity index (χ0) is 17.8. The molecule has 1 fully saturated rings. The van der Waals surface area contributed by atoms with Crippen LogP contribution in [0, 0.1) is 0 Å². The molecule has 0 aliphatic carbocycles. The van der Waals surface area contributed by atoms with Gasteiger partial charge in [0.1, 0.15) is 5.37 Å². The molecule has 1 heterocycles. The normalized spacial score (nSPS) is 17.0. The minimum absolute atomic E-state index is 0.0857. The van der Waals surface area contributed by atoms with Gasteiger partial charge in [-0.15, -0.1) is 11.8 Å². The molecule has 0 aromatic heterocycles. The van der Waals surface area contributed by atoms with Crippen molar-refractivity contribution in [1.29, 1.82) is 0 Å². The summed E-state index contributed by atoms with van der Waals surface area (Å²) in [6.07, 6.45) is 0.933. The van der Waals surface area contributed by atoms with Crippen LogP contribution in [-0.4, -0.2) is 25.4 Å². The topological polar surface area (TPSA) is 38.8 Å². The Hall–Kier alpha value is -1.85. The Morgan fingerprint density at radius 1 is 1.20 bits per heavy atom. The maximum atomic E-state index is 12.4. The molecule has 1 amide bonds. The average Bonchev–Trinajstić information content (AvgIpc) is 3.02. The summed E-state index contributed by atoms with van der Waals surface area (Å²) in [5.41, 5.74) is 1.85. The fourth-order valence-corrected chi connectivity index (χ4v) is 4.01. The molecule has 1 aliphatic heterocycles. The van der Waals surface area contributed by atoms with E-state index in [2.05, 4.69) is 6.92 Å². The molecular weight excluding hydrogens is 358 g/mol. The number of benzene rings is 2. The Balaban J connectivity index is 1.91. The van der Waals surface area contributed by atoms with E-state index < -0.39 is 0 Å². The fourth-order valence-electron chi connectivity index (χ4n) is 2.72. The van der Waals surface area contributed by atoms with Gasteiger partial charge in [0.05, 0.1) is 19.5 Å². The highest BCUT2D eigenvalue weighted by Crippen LogP contribution is 2.44. The molecule has 0 saturated carbocycles. The number of nitrogens with zero attached hydrogens (tertiary/aromatic N) is 1. The first-order valence-corrected chi connectivity index (χ1v) is 9.56. The number of methoxy groups -OCH3 is 1. The first kappa shape index (κ1) is 18.0. The van der Waals surface area contributed by atoms with E-state index in [9.17, 15) is 4.79 Å².